The molecule has 0 aliphatic rings. The Morgan fingerprint density at radius 2 is 0.882 bits per heavy atom. The van der Waals surface area contributed by atoms with Crippen LogP contribution < -0.4 is 5.30 Å². The van der Waals surface area contributed by atoms with Gasteiger partial charge in [0.05, 0.1) is 0 Å². The van der Waals surface area contributed by atoms with Gasteiger partial charge in [0, 0.05) is 5.56 Å². The van der Waals surface area contributed by atoms with Gasteiger partial charge in [-0.15, -0.1) is 0 Å². The second-order valence-corrected chi connectivity index (χ2v) is 12.0. The Hall–Kier alpha value is -0.470. The van der Waals surface area contributed by atoms with Crippen LogP contribution in [0.1, 0.15) is 153 Å². The minimum atomic E-state index is -3.98. The first-order chi connectivity index (χ1) is 16.5. The Kier molecular flexibility index (Phi) is 19.2. The summed E-state index contributed by atoms with van der Waals surface area (Å²) in [5.41, 5.74) is 2.20. The smallest absolute Gasteiger partial charge is 0.189 e. The summed E-state index contributed by atoms with van der Waals surface area (Å²) in [7, 11) is -3.98. The van der Waals surface area contributed by atoms with Gasteiger partial charge in [0.1, 0.15) is 0 Å². The molecule has 1 aromatic rings. The van der Waals surface area contributed by atoms with Gasteiger partial charge in [0.25, 0.3) is 0 Å². The van der Waals surface area contributed by atoms with Crippen molar-refractivity contribution in [3.05, 3.63) is 29.3 Å². The largest absolute Gasteiger partial charge is 0.441 e. The topological polar surface area (TPSA) is 60.7 Å². The fourth-order valence-electron chi connectivity index (χ4n) is 5.02. The highest BCUT2D eigenvalue weighted by Gasteiger charge is 2.37. The Morgan fingerprint density at radius 3 is 1.29 bits per heavy atom. The average molecular weight is 496 g/mol. The van der Waals surface area contributed by atoms with Gasteiger partial charge < -0.3 is 0 Å². The molecule has 3 N–H and O–H groups in total. The molecule has 34 heavy (non-hydrogen) atoms. The number of benzene rings is 1. The lowest BCUT2D eigenvalue weighted by molar-refractivity contribution is 0.346. The van der Waals surface area contributed by atoms with Crippen molar-refractivity contribution < 1.29 is 14.7 Å². The van der Waals surface area contributed by atoms with Crippen molar-refractivity contribution in [2.75, 3.05) is 0 Å². The van der Waals surface area contributed by atoms with E-state index in [1.54, 1.807) is 6.07 Å². The van der Waals surface area contributed by atoms with Crippen LogP contribution in [0.4, 0.5) is 0 Å². The predicted octanol–water partition coefficient (Wildman–Crippen LogP) is 8.98. The second-order valence-electron chi connectivity index (χ2n) is 10.3. The van der Waals surface area contributed by atoms with Crippen LogP contribution in [0, 0.1) is 0 Å². The first kappa shape index (κ1) is 31.6. The highest BCUT2D eigenvalue weighted by Crippen LogP contribution is 2.45. The highest BCUT2D eigenvalue weighted by atomic mass is 31.2. The van der Waals surface area contributed by atoms with E-state index in [1.165, 1.54) is 121 Å². The van der Waals surface area contributed by atoms with Gasteiger partial charge in [-0.05, 0) is 37.3 Å². The molecule has 0 bridgehead atoms. The maximum Gasteiger partial charge on any atom is 0.441 e. The van der Waals surface area contributed by atoms with Crippen LogP contribution in [0.5, 0.6) is 0 Å². The fourth-order valence-corrected chi connectivity index (χ4v) is 5.92. The minimum Gasteiger partial charge on any atom is -0.189 e. The molecule has 1 rings (SSSR count). The van der Waals surface area contributed by atoms with Gasteiger partial charge in [-0.1, -0.05) is 142 Å². The van der Waals surface area contributed by atoms with Crippen molar-refractivity contribution in [3.63, 3.8) is 0 Å². The van der Waals surface area contributed by atoms with Crippen LogP contribution in [-0.2, 0) is 12.8 Å². The standard InChI is InChI=1S/C30H56O3P/c1-3-5-7-9-11-13-15-17-19-21-24-28-25-23-27-30(34(31,32)33)29(28)26-22-20-18-16-14-12-10-8-6-4-2/h23,25,27,31-33H,3-22,24,26H2,1-2H3/q+1. The van der Waals surface area contributed by atoms with E-state index in [9.17, 15) is 14.7 Å². The molecule has 0 saturated carbocycles. The van der Waals surface area contributed by atoms with Gasteiger partial charge in [-0.25, -0.2) is 0 Å². The number of unbranched alkanes of at least 4 members (excludes halogenated alkanes) is 18. The average Bonchev–Trinajstić information content (AvgIpc) is 2.81. The molecular weight excluding hydrogens is 439 g/mol. The molecule has 0 unspecified atom stereocenters. The quantitative estimate of drug-likeness (QED) is 0.105. The first-order valence-corrected chi connectivity index (χ1v) is 16.3. The Balaban J connectivity index is 2.36. The number of aryl methyl sites for hydroxylation is 1. The van der Waals surface area contributed by atoms with Crippen molar-refractivity contribution in [1.29, 1.82) is 0 Å². The summed E-state index contributed by atoms with van der Waals surface area (Å²) in [5.74, 6) is 0. The zero-order chi connectivity index (χ0) is 24.9. The highest BCUT2D eigenvalue weighted by molar-refractivity contribution is 7.66. The summed E-state index contributed by atoms with van der Waals surface area (Å²) >= 11 is 0. The van der Waals surface area contributed by atoms with Gasteiger partial charge in [-0.2, -0.15) is 14.7 Å². The Bertz CT molecular complexity index is 597. The minimum absolute atomic E-state index is 0.382. The molecule has 0 aliphatic heterocycles. The normalized spacial score (nSPS) is 11.9. The molecule has 0 heterocycles. The van der Waals surface area contributed by atoms with Crippen molar-refractivity contribution in [2.45, 2.75) is 155 Å². The van der Waals surface area contributed by atoms with Crippen molar-refractivity contribution >= 4 is 13.2 Å². The van der Waals surface area contributed by atoms with E-state index < -0.39 is 7.94 Å². The molecule has 0 atom stereocenters. The lowest BCUT2D eigenvalue weighted by Gasteiger charge is -2.15. The van der Waals surface area contributed by atoms with E-state index in [2.05, 4.69) is 19.9 Å². The SMILES string of the molecule is CCCCCCCCCCCCc1cccc([P+](O)(O)O)c1CCCCCCCCCCCC. The second kappa shape index (κ2) is 20.7. The summed E-state index contributed by atoms with van der Waals surface area (Å²) in [6.45, 7) is 4.53. The summed E-state index contributed by atoms with van der Waals surface area (Å²) in [4.78, 5) is 30.1. The molecule has 4 heteroatoms. The van der Waals surface area contributed by atoms with E-state index in [1.807, 2.05) is 6.07 Å². The predicted molar refractivity (Wildman–Crippen MR) is 151 cm³/mol. The molecule has 198 valence electrons. The van der Waals surface area contributed by atoms with Gasteiger partial charge in [0.2, 0.25) is 0 Å². The molecule has 0 aromatic heterocycles. The van der Waals surface area contributed by atoms with E-state index in [0.29, 0.717) is 5.30 Å². The Labute approximate surface area is 212 Å². The summed E-state index contributed by atoms with van der Waals surface area (Å²) in [6, 6.07) is 5.71. The van der Waals surface area contributed by atoms with Crippen molar-refractivity contribution in [1.82, 2.24) is 0 Å². The van der Waals surface area contributed by atoms with Crippen LogP contribution in [0.25, 0.3) is 0 Å². The fraction of sp³-hybridized carbons (Fsp3) is 0.800. The molecule has 0 fully saturated rings. The van der Waals surface area contributed by atoms with Gasteiger partial charge in [0.15, 0.2) is 5.30 Å². The third kappa shape index (κ3) is 15.5. The molecule has 0 saturated heterocycles. The monoisotopic (exact) mass is 495 g/mol. The van der Waals surface area contributed by atoms with Crippen molar-refractivity contribution in [2.24, 2.45) is 0 Å². The summed E-state index contributed by atoms with van der Waals surface area (Å²) in [6.07, 6.45) is 27.9. The van der Waals surface area contributed by atoms with Crippen LogP contribution >= 0.6 is 7.94 Å². The van der Waals surface area contributed by atoms with Gasteiger partial charge in [-0.3, -0.25) is 0 Å². The molecule has 1 aromatic carbocycles. The molecule has 0 amide bonds. The van der Waals surface area contributed by atoms with E-state index >= 15 is 0 Å². The van der Waals surface area contributed by atoms with E-state index in [-0.39, 0.29) is 0 Å². The number of hydrogen-bond donors (Lipinski definition) is 3. The summed E-state index contributed by atoms with van der Waals surface area (Å²) in [5, 5.41) is 0.382. The molecular formula is C30H56O3P+. The van der Waals surface area contributed by atoms with Gasteiger partial charge >= 0.3 is 7.94 Å². The van der Waals surface area contributed by atoms with E-state index in [4.69, 9.17) is 0 Å². The third-order valence-corrected chi connectivity index (χ3v) is 8.22. The third-order valence-electron chi connectivity index (χ3n) is 7.15. The Morgan fingerprint density at radius 1 is 0.500 bits per heavy atom. The van der Waals surface area contributed by atoms with E-state index in [0.717, 1.165) is 31.2 Å². The zero-order valence-electron chi connectivity index (χ0n) is 22.6. The number of rotatable bonds is 23. The maximum absolute atomic E-state index is 10.0. The molecule has 3 nitrogen and oxygen atoms in total. The lowest BCUT2D eigenvalue weighted by Crippen LogP contribution is -2.18. The van der Waals surface area contributed by atoms with Crippen LogP contribution in [0.15, 0.2) is 18.2 Å². The van der Waals surface area contributed by atoms with Crippen LogP contribution in [0.2, 0.25) is 0 Å². The molecule has 0 spiro atoms. The van der Waals surface area contributed by atoms with Crippen LogP contribution in [-0.4, -0.2) is 14.7 Å². The number of hydrogen-bond acceptors (Lipinski definition) is 3. The first-order valence-electron chi connectivity index (χ1n) is 14.7. The zero-order valence-corrected chi connectivity index (χ0v) is 23.5. The molecule has 0 radical (unpaired) electrons. The van der Waals surface area contributed by atoms with Crippen molar-refractivity contribution in [3.8, 4) is 0 Å². The van der Waals surface area contributed by atoms with Crippen LogP contribution in [0.3, 0.4) is 0 Å². The lowest BCUT2D eigenvalue weighted by atomic mass is 9.96. The maximum atomic E-state index is 10.0. The molecule has 0 aliphatic carbocycles. The summed E-state index contributed by atoms with van der Waals surface area (Å²) < 4.78 is 0.